The third-order valence-corrected chi connectivity index (χ3v) is 7.13. The van der Waals surface area contributed by atoms with Crippen LogP contribution in [0.5, 0.6) is 11.5 Å². The van der Waals surface area contributed by atoms with Gasteiger partial charge in [0.2, 0.25) is 11.1 Å². The van der Waals surface area contributed by atoms with Crippen LogP contribution < -0.4 is 20.1 Å². The Morgan fingerprint density at radius 1 is 1.03 bits per heavy atom. The van der Waals surface area contributed by atoms with Crippen LogP contribution in [0.25, 0.3) is 0 Å². The lowest BCUT2D eigenvalue weighted by atomic mass is 9.94. The second kappa shape index (κ2) is 13.4. The van der Waals surface area contributed by atoms with Crippen molar-refractivity contribution in [1.29, 1.82) is 0 Å². The molecule has 2 aromatic carbocycles. The second-order valence-corrected chi connectivity index (χ2v) is 10.1. The van der Waals surface area contributed by atoms with Gasteiger partial charge in [-0.15, -0.1) is 5.10 Å². The molecule has 2 N–H and O–H groups in total. The molecule has 0 bridgehead atoms. The van der Waals surface area contributed by atoms with Crippen LogP contribution in [0, 0.1) is 0 Å². The van der Waals surface area contributed by atoms with E-state index in [0.29, 0.717) is 41.3 Å². The normalized spacial score (nSPS) is 14.6. The van der Waals surface area contributed by atoms with E-state index in [0.717, 1.165) is 48.4 Å². The SMILES string of the molecule is CCCCOc1ccccc1C1C(C(=O)Nc2ccccc2OCC)=C(C)Nc2nc(SCCCC)nn21. The van der Waals surface area contributed by atoms with Crippen molar-refractivity contribution in [2.45, 2.75) is 64.6 Å². The molecule has 8 nitrogen and oxygen atoms in total. The minimum Gasteiger partial charge on any atom is -0.493 e. The summed E-state index contributed by atoms with van der Waals surface area (Å²) in [5, 5.41) is 11.9. The van der Waals surface area contributed by atoms with E-state index in [1.54, 1.807) is 11.8 Å². The second-order valence-electron chi connectivity index (χ2n) is 9.05. The fraction of sp³-hybridized carbons (Fsp3) is 0.414. The number of nitrogens with one attached hydrogen (secondary N) is 2. The Kier molecular flexibility index (Phi) is 9.70. The van der Waals surface area contributed by atoms with E-state index in [4.69, 9.17) is 19.6 Å². The Bertz CT molecular complexity index is 1270. The molecule has 0 saturated heterocycles. The number of ether oxygens (including phenoxy) is 2. The molecule has 38 heavy (non-hydrogen) atoms. The highest BCUT2D eigenvalue weighted by Crippen LogP contribution is 2.40. The highest BCUT2D eigenvalue weighted by atomic mass is 32.2. The first kappa shape index (κ1) is 27.6. The van der Waals surface area contributed by atoms with E-state index in [1.807, 2.05) is 67.1 Å². The Balaban J connectivity index is 1.75. The lowest BCUT2D eigenvalue weighted by Gasteiger charge is -2.29. The fourth-order valence-corrected chi connectivity index (χ4v) is 5.20. The standard InChI is InChI=1S/C29H37N5O3S/c1-5-8-18-37-23-16-12-10-14-21(23)26-25(27(35)31-22-15-11-13-17-24(22)36-7-3)20(4)30-28-32-29(33-34(26)28)38-19-9-6-2/h10-17,26H,5-9,18-19H2,1-4H3,(H,31,35)(H,30,32,33). The van der Waals surface area contributed by atoms with Crippen molar-refractivity contribution >= 4 is 29.3 Å². The van der Waals surface area contributed by atoms with Gasteiger partial charge in [-0.3, -0.25) is 4.79 Å². The Morgan fingerprint density at radius 3 is 2.53 bits per heavy atom. The molecule has 2 heterocycles. The quantitative estimate of drug-likeness (QED) is 0.186. The summed E-state index contributed by atoms with van der Waals surface area (Å²) in [6.45, 7) is 9.23. The van der Waals surface area contributed by atoms with Gasteiger partial charge in [-0.2, -0.15) is 4.98 Å². The number of allylic oxidation sites excluding steroid dienone is 1. The van der Waals surface area contributed by atoms with Crippen molar-refractivity contribution < 1.29 is 14.3 Å². The molecule has 1 atom stereocenters. The average molecular weight is 536 g/mol. The Hall–Kier alpha value is -3.46. The number of hydrogen-bond acceptors (Lipinski definition) is 7. The summed E-state index contributed by atoms with van der Waals surface area (Å²) in [5.41, 5.74) is 2.75. The molecular formula is C29H37N5O3S. The van der Waals surface area contributed by atoms with Crippen molar-refractivity contribution in [3.8, 4) is 11.5 Å². The van der Waals surface area contributed by atoms with Crippen molar-refractivity contribution in [2.24, 2.45) is 0 Å². The van der Waals surface area contributed by atoms with Crippen LogP contribution in [0.1, 0.15) is 65.0 Å². The van der Waals surface area contributed by atoms with E-state index in [9.17, 15) is 4.79 Å². The Morgan fingerprint density at radius 2 is 1.76 bits per heavy atom. The number of anilines is 2. The third kappa shape index (κ3) is 6.32. The van der Waals surface area contributed by atoms with Crippen LogP contribution in [0.4, 0.5) is 11.6 Å². The van der Waals surface area contributed by atoms with Crippen LogP contribution in [0.15, 0.2) is 65.0 Å². The summed E-state index contributed by atoms with van der Waals surface area (Å²) in [6.07, 6.45) is 4.18. The van der Waals surface area contributed by atoms with Crippen molar-refractivity contribution in [3.05, 3.63) is 65.4 Å². The number of aromatic nitrogens is 3. The van der Waals surface area contributed by atoms with Gasteiger partial charge < -0.3 is 20.1 Å². The first-order valence-corrected chi connectivity index (χ1v) is 14.4. The molecule has 1 amide bonds. The highest BCUT2D eigenvalue weighted by molar-refractivity contribution is 7.99. The van der Waals surface area contributed by atoms with Crippen molar-refractivity contribution in [3.63, 3.8) is 0 Å². The minimum atomic E-state index is -0.517. The number of fused-ring (bicyclic) bond motifs is 1. The van der Waals surface area contributed by atoms with Crippen LogP contribution >= 0.6 is 11.8 Å². The maximum atomic E-state index is 13.9. The largest absolute Gasteiger partial charge is 0.493 e. The van der Waals surface area contributed by atoms with E-state index < -0.39 is 6.04 Å². The molecule has 4 rings (SSSR count). The number of hydrogen-bond donors (Lipinski definition) is 2. The number of carbonyl (C=O) groups excluding carboxylic acids is 1. The van der Waals surface area contributed by atoms with Crippen LogP contribution in [-0.4, -0.2) is 39.6 Å². The number of benzene rings is 2. The third-order valence-electron chi connectivity index (χ3n) is 6.21. The lowest BCUT2D eigenvalue weighted by molar-refractivity contribution is -0.113. The summed E-state index contributed by atoms with van der Waals surface area (Å²) in [6, 6.07) is 14.8. The molecule has 9 heteroatoms. The first-order valence-electron chi connectivity index (χ1n) is 13.4. The number of thioether (sulfide) groups is 1. The highest BCUT2D eigenvalue weighted by Gasteiger charge is 2.36. The zero-order valence-electron chi connectivity index (χ0n) is 22.6. The van der Waals surface area contributed by atoms with E-state index >= 15 is 0 Å². The van der Waals surface area contributed by atoms with Gasteiger partial charge in [0.15, 0.2) is 0 Å². The smallest absolute Gasteiger partial charge is 0.255 e. The van der Waals surface area contributed by atoms with Gasteiger partial charge in [0.25, 0.3) is 5.91 Å². The molecular weight excluding hydrogens is 498 g/mol. The minimum absolute atomic E-state index is 0.239. The molecule has 0 radical (unpaired) electrons. The maximum Gasteiger partial charge on any atom is 0.255 e. The summed E-state index contributed by atoms with van der Waals surface area (Å²) < 4.78 is 13.8. The van der Waals surface area contributed by atoms with E-state index in [1.165, 1.54) is 0 Å². The molecule has 1 aliphatic rings. The zero-order chi connectivity index (χ0) is 26.9. The zero-order valence-corrected chi connectivity index (χ0v) is 23.4. The van der Waals surface area contributed by atoms with Gasteiger partial charge in [-0.1, -0.05) is 68.8 Å². The van der Waals surface area contributed by atoms with Gasteiger partial charge in [-0.05, 0) is 44.9 Å². The van der Waals surface area contributed by atoms with Gasteiger partial charge in [0, 0.05) is 17.0 Å². The number of rotatable bonds is 13. The van der Waals surface area contributed by atoms with Gasteiger partial charge in [0.1, 0.15) is 17.5 Å². The van der Waals surface area contributed by atoms with E-state index in [2.05, 4.69) is 24.5 Å². The number of amides is 1. The summed E-state index contributed by atoms with van der Waals surface area (Å²) >= 11 is 1.63. The summed E-state index contributed by atoms with van der Waals surface area (Å²) in [5.74, 6) is 2.68. The first-order chi connectivity index (χ1) is 18.6. The number of para-hydroxylation sites is 3. The van der Waals surface area contributed by atoms with Crippen LogP contribution in [0.2, 0.25) is 0 Å². The Labute approximate surface area is 229 Å². The van der Waals surface area contributed by atoms with Crippen molar-refractivity contribution in [2.75, 3.05) is 29.6 Å². The number of nitrogens with zero attached hydrogens (tertiary/aromatic N) is 3. The molecule has 0 spiro atoms. The van der Waals surface area contributed by atoms with Gasteiger partial charge in [-0.25, -0.2) is 4.68 Å². The molecule has 1 aliphatic heterocycles. The van der Waals surface area contributed by atoms with Crippen LogP contribution in [-0.2, 0) is 4.79 Å². The predicted octanol–water partition coefficient (Wildman–Crippen LogP) is 6.68. The summed E-state index contributed by atoms with van der Waals surface area (Å²) in [4.78, 5) is 18.7. The molecule has 0 saturated carbocycles. The molecule has 202 valence electrons. The predicted molar refractivity (Wildman–Crippen MR) is 153 cm³/mol. The van der Waals surface area contributed by atoms with E-state index in [-0.39, 0.29) is 5.91 Å². The van der Waals surface area contributed by atoms with Gasteiger partial charge >= 0.3 is 0 Å². The monoisotopic (exact) mass is 535 g/mol. The molecule has 0 aliphatic carbocycles. The fourth-order valence-electron chi connectivity index (χ4n) is 4.29. The molecule has 3 aromatic rings. The van der Waals surface area contributed by atoms with Crippen molar-refractivity contribution in [1.82, 2.24) is 14.8 Å². The lowest BCUT2D eigenvalue weighted by Crippen LogP contribution is -2.32. The maximum absolute atomic E-state index is 13.9. The number of carbonyl (C=O) groups is 1. The van der Waals surface area contributed by atoms with Crippen LogP contribution in [0.3, 0.4) is 0 Å². The molecule has 1 unspecified atom stereocenters. The summed E-state index contributed by atoms with van der Waals surface area (Å²) in [7, 11) is 0. The van der Waals surface area contributed by atoms with Gasteiger partial charge in [0.05, 0.1) is 24.5 Å². The number of unbranched alkanes of at least 4 members (excludes halogenated alkanes) is 2. The molecule has 1 aromatic heterocycles. The molecule has 0 fully saturated rings. The average Bonchev–Trinajstić information content (AvgIpc) is 3.32. The topological polar surface area (TPSA) is 90.3 Å².